The minimum atomic E-state index is -4.19. The minimum absolute atomic E-state index is 0.0307. The third-order valence-corrected chi connectivity index (χ3v) is 4.43. The lowest BCUT2D eigenvalue weighted by atomic mass is 9.99. The molecule has 1 atom stereocenters. The summed E-state index contributed by atoms with van der Waals surface area (Å²) in [5.74, 6) is -6.58. The lowest BCUT2D eigenvalue weighted by Crippen LogP contribution is -2.43. The number of amides is 1. The number of nitrogens with zero attached hydrogens (tertiary/aromatic N) is 3. The quantitative estimate of drug-likeness (QED) is 0.698. The average Bonchev–Trinajstić information content (AvgIpc) is 2.68. The highest BCUT2D eigenvalue weighted by Gasteiger charge is 2.45. The van der Waals surface area contributed by atoms with Crippen molar-refractivity contribution in [3.63, 3.8) is 0 Å². The van der Waals surface area contributed by atoms with Crippen LogP contribution in [0.25, 0.3) is 10.9 Å². The SMILES string of the molecule is Cc1c(C(F)(F)C(=O)N[C@@H](C)c2ccc(C#N)nn2)c(=O)[nH]c2ccc(F)cc12. The number of fused-ring (bicyclic) bond motifs is 1. The summed E-state index contributed by atoms with van der Waals surface area (Å²) in [5, 5.41) is 18.1. The summed E-state index contributed by atoms with van der Waals surface area (Å²) < 4.78 is 43.3. The van der Waals surface area contributed by atoms with Gasteiger partial charge in [-0.3, -0.25) is 9.59 Å². The van der Waals surface area contributed by atoms with Gasteiger partial charge in [-0.15, -0.1) is 5.10 Å². The first-order valence-corrected chi connectivity index (χ1v) is 8.40. The predicted octanol–water partition coefficient (Wildman–Crippen LogP) is 2.61. The Bertz CT molecular complexity index is 1200. The number of rotatable bonds is 4. The summed E-state index contributed by atoms with van der Waals surface area (Å²) in [6, 6.07) is 6.84. The van der Waals surface area contributed by atoms with Gasteiger partial charge in [0, 0.05) is 10.9 Å². The zero-order valence-electron chi connectivity index (χ0n) is 15.3. The number of halogens is 3. The molecule has 2 heterocycles. The van der Waals surface area contributed by atoms with E-state index in [1.807, 2.05) is 0 Å². The van der Waals surface area contributed by atoms with Crippen LogP contribution in [0.1, 0.15) is 35.5 Å². The normalized spacial score (nSPS) is 12.4. The molecule has 0 fully saturated rings. The summed E-state index contributed by atoms with van der Waals surface area (Å²) in [4.78, 5) is 26.8. The van der Waals surface area contributed by atoms with E-state index >= 15 is 0 Å². The fourth-order valence-corrected chi connectivity index (χ4v) is 2.91. The maximum Gasteiger partial charge on any atom is 0.355 e. The number of nitrogens with one attached hydrogen (secondary N) is 2. The number of benzene rings is 1. The van der Waals surface area contributed by atoms with Crippen molar-refractivity contribution < 1.29 is 18.0 Å². The number of pyridine rings is 1. The lowest BCUT2D eigenvalue weighted by Gasteiger charge is -2.21. The highest BCUT2D eigenvalue weighted by molar-refractivity contribution is 5.89. The Morgan fingerprint density at radius 3 is 2.62 bits per heavy atom. The largest absolute Gasteiger partial charge is 0.355 e. The molecule has 3 rings (SSSR count). The molecule has 0 saturated heterocycles. The summed E-state index contributed by atoms with van der Waals surface area (Å²) in [5.41, 5.74) is -2.05. The van der Waals surface area contributed by atoms with Crippen LogP contribution < -0.4 is 10.9 Å². The van der Waals surface area contributed by atoms with Crippen LogP contribution in [-0.2, 0) is 10.7 Å². The van der Waals surface area contributed by atoms with Gasteiger partial charge < -0.3 is 10.3 Å². The van der Waals surface area contributed by atoms with Crippen molar-refractivity contribution in [2.24, 2.45) is 0 Å². The average molecular weight is 401 g/mol. The molecule has 0 bridgehead atoms. The zero-order valence-corrected chi connectivity index (χ0v) is 15.3. The van der Waals surface area contributed by atoms with Gasteiger partial charge in [0.1, 0.15) is 11.9 Å². The molecule has 1 amide bonds. The second kappa shape index (κ2) is 7.35. The lowest BCUT2D eigenvalue weighted by molar-refractivity contribution is -0.148. The maximum absolute atomic E-state index is 14.9. The van der Waals surface area contributed by atoms with Gasteiger partial charge in [0.25, 0.3) is 11.5 Å². The molecule has 3 aromatic rings. The van der Waals surface area contributed by atoms with Crippen molar-refractivity contribution in [3.05, 3.63) is 69.0 Å². The molecule has 7 nitrogen and oxygen atoms in total. The molecule has 2 aromatic heterocycles. The molecule has 0 spiro atoms. The number of carbonyl (C=O) groups excluding carboxylic acids is 1. The number of H-pyrrole nitrogens is 1. The van der Waals surface area contributed by atoms with Crippen LogP contribution in [0, 0.1) is 24.1 Å². The van der Waals surface area contributed by atoms with Gasteiger partial charge >= 0.3 is 5.92 Å². The molecule has 0 unspecified atom stereocenters. The van der Waals surface area contributed by atoms with E-state index in [1.54, 1.807) is 6.07 Å². The molecule has 0 aliphatic heterocycles. The van der Waals surface area contributed by atoms with E-state index in [1.165, 1.54) is 32.0 Å². The van der Waals surface area contributed by atoms with E-state index in [9.17, 15) is 22.8 Å². The maximum atomic E-state index is 14.9. The van der Waals surface area contributed by atoms with E-state index in [0.29, 0.717) is 0 Å². The van der Waals surface area contributed by atoms with Gasteiger partial charge in [-0.05, 0) is 49.7 Å². The third-order valence-electron chi connectivity index (χ3n) is 4.43. The molecule has 0 aliphatic rings. The predicted molar refractivity (Wildman–Crippen MR) is 96.5 cm³/mol. The summed E-state index contributed by atoms with van der Waals surface area (Å²) >= 11 is 0. The standard InChI is InChI=1S/C19H14F3N5O2/c1-9-13-7-11(20)3-5-15(13)25-17(28)16(9)19(21,22)18(29)24-10(2)14-6-4-12(8-23)26-27-14/h3-7,10H,1-2H3,(H,24,29)(H,25,28)/t10-/m0/s1. The van der Waals surface area contributed by atoms with Crippen LogP contribution in [-0.4, -0.2) is 21.1 Å². The number of aromatic nitrogens is 3. The van der Waals surface area contributed by atoms with Crippen LogP contribution in [0.2, 0.25) is 0 Å². The van der Waals surface area contributed by atoms with Gasteiger partial charge in [-0.25, -0.2) is 4.39 Å². The van der Waals surface area contributed by atoms with Gasteiger partial charge in [0.05, 0.1) is 17.3 Å². The highest BCUT2D eigenvalue weighted by Crippen LogP contribution is 2.32. The number of hydrogen-bond donors (Lipinski definition) is 2. The molecular weight excluding hydrogens is 387 g/mol. The number of alkyl halides is 2. The third kappa shape index (κ3) is 3.67. The minimum Gasteiger partial charge on any atom is -0.342 e. The molecule has 10 heteroatoms. The van der Waals surface area contributed by atoms with Gasteiger partial charge in [0.2, 0.25) is 0 Å². The van der Waals surface area contributed by atoms with Crippen molar-refractivity contribution in [2.45, 2.75) is 25.8 Å². The van der Waals surface area contributed by atoms with E-state index in [-0.39, 0.29) is 27.9 Å². The van der Waals surface area contributed by atoms with E-state index < -0.39 is 34.8 Å². The first-order valence-electron chi connectivity index (χ1n) is 8.40. The Balaban J connectivity index is 1.96. The Labute approximate surface area is 162 Å². The fraction of sp³-hybridized carbons (Fsp3) is 0.211. The van der Waals surface area contributed by atoms with Gasteiger partial charge in [-0.1, -0.05) is 0 Å². The fourth-order valence-electron chi connectivity index (χ4n) is 2.91. The monoisotopic (exact) mass is 401 g/mol. The van der Waals surface area contributed by atoms with Gasteiger partial charge in [-0.2, -0.15) is 19.1 Å². The molecule has 1 aromatic carbocycles. The molecule has 148 valence electrons. The summed E-state index contributed by atoms with van der Waals surface area (Å²) in [6.07, 6.45) is 0. The Hall–Kier alpha value is -3.74. The second-order valence-corrected chi connectivity index (χ2v) is 6.37. The number of hydrogen-bond acceptors (Lipinski definition) is 5. The zero-order chi connectivity index (χ0) is 21.3. The Kier molecular flexibility index (Phi) is 5.07. The van der Waals surface area contributed by atoms with Crippen molar-refractivity contribution in [2.75, 3.05) is 0 Å². The molecule has 29 heavy (non-hydrogen) atoms. The second-order valence-electron chi connectivity index (χ2n) is 6.37. The van der Waals surface area contributed by atoms with Crippen LogP contribution >= 0.6 is 0 Å². The Morgan fingerprint density at radius 1 is 1.28 bits per heavy atom. The number of carbonyl (C=O) groups is 1. The number of aryl methyl sites for hydroxylation is 1. The molecule has 0 aliphatic carbocycles. The van der Waals surface area contributed by atoms with E-state index in [0.717, 1.165) is 12.1 Å². The molecular formula is C19H14F3N5O2. The van der Waals surface area contributed by atoms with Crippen LogP contribution in [0.15, 0.2) is 35.1 Å². The Morgan fingerprint density at radius 2 is 2.00 bits per heavy atom. The highest BCUT2D eigenvalue weighted by atomic mass is 19.3. The van der Waals surface area contributed by atoms with E-state index in [2.05, 4.69) is 20.5 Å². The topological polar surface area (TPSA) is 112 Å². The van der Waals surface area contributed by atoms with Crippen LogP contribution in [0.5, 0.6) is 0 Å². The first kappa shape index (κ1) is 20.0. The summed E-state index contributed by atoms with van der Waals surface area (Å²) in [6.45, 7) is 2.62. The van der Waals surface area contributed by atoms with Crippen LogP contribution in [0.3, 0.4) is 0 Å². The van der Waals surface area contributed by atoms with Gasteiger partial charge in [0.15, 0.2) is 5.69 Å². The molecule has 2 N–H and O–H groups in total. The number of nitriles is 1. The first-order chi connectivity index (χ1) is 13.6. The van der Waals surface area contributed by atoms with Crippen molar-refractivity contribution in [1.82, 2.24) is 20.5 Å². The van der Waals surface area contributed by atoms with Crippen molar-refractivity contribution >= 4 is 16.8 Å². The number of aromatic amines is 1. The van der Waals surface area contributed by atoms with Crippen molar-refractivity contribution in [3.8, 4) is 6.07 Å². The molecule has 0 radical (unpaired) electrons. The summed E-state index contributed by atoms with van der Waals surface area (Å²) in [7, 11) is 0. The van der Waals surface area contributed by atoms with E-state index in [4.69, 9.17) is 5.26 Å². The smallest absolute Gasteiger partial charge is 0.342 e. The van der Waals surface area contributed by atoms with Crippen LogP contribution in [0.4, 0.5) is 13.2 Å². The molecule has 0 saturated carbocycles. The van der Waals surface area contributed by atoms with Crippen molar-refractivity contribution in [1.29, 1.82) is 5.26 Å².